The minimum atomic E-state index is -3.78. The summed E-state index contributed by atoms with van der Waals surface area (Å²) >= 11 is 0. The topological polar surface area (TPSA) is 49.9 Å². The number of benzene rings is 1. The van der Waals surface area contributed by atoms with E-state index in [1.807, 2.05) is 6.92 Å². The van der Waals surface area contributed by atoms with Gasteiger partial charge >= 0.3 is 12.0 Å². The van der Waals surface area contributed by atoms with Gasteiger partial charge in [-0.05, 0) is 58.6 Å². The zero-order valence-corrected chi connectivity index (χ0v) is 17.4. The first-order valence-corrected chi connectivity index (χ1v) is 9.85. The standard InChI is InChI=1S/C21H29F3N2O3/c1-5-25(19(28)29-20(2,3)4)14-15-9-11-26(12-10-15)18(27)21(23,24)16-7-6-8-17(22)13-16/h6-8,13,15H,5,9-12,14H2,1-4H3. The van der Waals surface area contributed by atoms with Crippen LogP contribution < -0.4 is 0 Å². The number of amides is 2. The quantitative estimate of drug-likeness (QED) is 0.717. The normalized spacial score (nSPS) is 15.9. The van der Waals surface area contributed by atoms with Crippen molar-refractivity contribution in [3.63, 3.8) is 0 Å². The smallest absolute Gasteiger partial charge is 0.410 e. The van der Waals surface area contributed by atoms with Crippen molar-refractivity contribution in [3.8, 4) is 0 Å². The van der Waals surface area contributed by atoms with Crippen LogP contribution in [0.3, 0.4) is 0 Å². The summed E-state index contributed by atoms with van der Waals surface area (Å²) < 4.78 is 47.7. The number of ether oxygens (including phenoxy) is 1. The number of hydrogen-bond acceptors (Lipinski definition) is 3. The maximum atomic E-state index is 14.5. The molecule has 0 aliphatic carbocycles. The third kappa shape index (κ3) is 6.11. The molecule has 2 amide bonds. The Hall–Kier alpha value is -2.25. The molecular weight excluding hydrogens is 385 g/mol. The number of rotatable bonds is 5. The Kier molecular flexibility index (Phi) is 7.19. The van der Waals surface area contributed by atoms with E-state index >= 15 is 0 Å². The Bertz CT molecular complexity index is 726. The SMILES string of the molecule is CCN(CC1CCN(C(=O)C(F)(F)c2cccc(F)c2)CC1)C(=O)OC(C)(C)C. The predicted molar refractivity (Wildman–Crippen MR) is 103 cm³/mol. The fourth-order valence-corrected chi connectivity index (χ4v) is 3.30. The molecule has 1 aliphatic heterocycles. The molecule has 1 saturated heterocycles. The molecule has 1 aromatic carbocycles. The molecule has 2 rings (SSSR count). The Balaban J connectivity index is 1.94. The lowest BCUT2D eigenvalue weighted by Gasteiger charge is -2.36. The molecule has 162 valence electrons. The predicted octanol–water partition coefficient (Wildman–Crippen LogP) is 4.41. The minimum Gasteiger partial charge on any atom is -0.444 e. The highest BCUT2D eigenvalue weighted by molar-refractivity contribution is 5.85. The lowest BCUT2D eigenvalue weighted by molar-refractivity contribution is -0.160. The Labute approximate surface area is 169 Å². The molecule has 0 radical (unpaired) electrons. The van der Waals surface area contributed by atoms with Gasteiger partial charge in [-0.25, -0.2) is 9.18 Å². The Morgan fingerprint density at radius 3 is 2.34 bits per heavy atom. The number of piperidine rings is 1. The van der Waals surface area contributed by atoms with Crippen molar-refractivity contribution in [1.29, 1.82) is 0 Å². The molecule has 0 spiro atoms. The highest BCUT2D eigenvalue weighted by Crippen LogP contribution is 2.32. The second-order valence-electron chi connectivity index (χ2n) is 8.34. The highest BCUT2D eigenvalue weighted by Gasteiger charge is 2.45. The number of nitrogens with zero attached hydrogens (tertiary/aromatic N) is 2. The Morgan fingerprint density at radius 1 is 1.21 bits per heavy atom. The summed E-state index contributed by atoms with van der Waals surface area (Å²) in [5.74, 6) is -5.81. The van der Waals surface area contributed by atoms with E-state index in [-0.39, 0.29) is 19.0 Å². The summed E-state index contributed by atoms with van der Waals surface area (Å²) in [7, 11) is 0. The van der Waals surface area contributed by atoms with E-state index in [1.54, 1.807) is 25.7 Å². The highest BCUT2D eigenvalue weighted by atomic mass is 19.3. The van der Waals surface area contributed by atoms with Gasteiger partial charge in [0.15, 0.2) is 0 Å². The zero-order chi connectivity index (χ0) is 21.8. The summed E-state index contributed by atoms with van der Waals surface area (Å²) in [4.78, 5) is 27.3. The number of halogens is 3. The van der Waals surface area contributed by atoms with Gasteiger partial charge in [-0.15, -0.1) is 0 Å². The average Bonchev–Trinajstić information content (AvgIpc) is 2.64. The summed E-state index contributed by atoms with van der Waals surface area (Å²) in [6.07, 6.45) is 0.602. The lowest BCUT2D eigenvalue weighted by Crippen LogP contribution is -2.48. The first-order chi connectivity index (χ1) is 13.4. The fourth-order valence-electron chi connectivity index (χ4n) is 3.30. The van der Waals surface area contributed by atoms with Crippen LogP contribution in [-0.2, 0) is 15.5 Å². The van der Waals surface area contributed by atoms with E-state index in [0.29, 0.717) is 32.0 Å². The van der Waals surface area contributed by atoms with Gasteiger partial charge in [-0.3, -0.25) is 4.79 Å². The van der Waals surface area contributed by atoms with Crippen molar-refractivity contribution >= 4 is 12.0 Å². The zero-order valence-electron chi connectivity index (χ0n) is 17.4. The molecule has 1 heterocycles. The van der Waals surface area contributed by atoms with Crippen LogP contribution in [0.1, 0.15) is 46.1 Å². The summed E-state index contributed by atoms with van der Waals surface area (Å²) in [6, 6.07) is 3.95. The molecule has 29 heavy (non-hydrogen) atoms. The summed E-state index contributed by atoms with van der Waals surface area (Å²) in [6.45, 7) is 8.49. The molecule has 0 bridgehead atoms. The summed E-state index contributed by atoms with van der Waals surface area (Å²) in [5.41, 5.74) is -1.24. The van der Waals surface area contributed by atoms with Crippen molar-refractivity contribution in [2.45, 2.75) is 52.1 Å². The van der Waals surface area contributed by atoms with Crippen LogP contribution in [0.15, 0.2) is 24.3 Å². The van der Waals surface area contributed by atoms with Gasteiger partial charge in [-0.2, -0.15) is 8.78 Å². The van der Waals surface area contributed by atoms with Crippen LogP contribution in [0.2, 0.25) is 0 Å². The number of hydrogen-bond donors (Lipinski definition) is 0. The second-order valence-corrected chi connectivity index (χ2v) is 8.34. The molecule has 1 fully saturated rings. The number of alkyl halides is 2. The fraction of sp³-hybridized carbons (Fsp3) is 0.619. The van der Waals surface area contributed by atoms with E-state index in [2.05, 4.69) is 0 Å². The van der Waals surface area contributed by atoms with Gasteiger partial charge in [0.2, 0.25) is 0 Å². The van der Waals surface area contributed by atoms with Crippen LogP contribution in [0.25, 0.3) is 0 Å². The van der Waals surface area contributed by atoms with Crippen LogP contribution in [0, 0.1) is 11.7 Å². The molecule has 0 N–H and O–H groups in total. The largest absolute Gasteiger partial charge is 0.444 e. The molecule has 5 nitrogen and oxygen atoms in total. The van der Waals surface area contributed by atoms with E-state index in [1.165, 1.54) is 0 Å². The van der Waals surface area contributed by atoms with Gasteiger partial charge < -0.3 is 14.5 Å². The average molecular weight is 414 g/mol. The van der Waals surface area contributed by atoms with Gasteiger partial charge in [0.05, 0.1) is 0 Å². The molecule has 8 heteroatoms. The minimum absolute atomic E-state index is 0.0920. The molecule has 0 saturated carbocycles. The molecule has 0 unspecified atom stereocenters. The van der Waals surface area contributed by atoms with Gasteiger partial charge in [-0.1, -0.05) is 12.1 Å². The van der Waals surface area contributed by atoms with E-state index in [0.717, 1.165) is 23.1 Å². The third-order valence-electron chi connectivity index (χ3n) is 4.87. The maximum absolute atomic E-state index is 14.5. The van der Waals surface area contributed by atoms with Crippen LogP contribution in [-0.4, -0.2) is 53.6 Å². The second kappa shape index (κ2) is 9.05. The molecular formula is C21H29F3N2O3. The molecule has 0 atom stereocenters. The molecule has 1 aromatic rings. The maximum Gasteiger partial charge on any atom is 0.410 e. The van der Waals surface area contributed by atoms with Crippen LogP contribution in [0.4, 0.5) is 18.0 Å². The number of carbonyl (C=O) groups is 2. The first kappa shape index (κ1) is 23.0. The number of likely N-dealkylation sites (tertiary alicyclic amines) is 1. The van der Waals surface area contributed by atoms with Crippen molar-refractivity contribution in [2.75, 3.05) is 26.2 Å². The summed E-state index contributed by atoms with van der Waals surface area (Å²) in [5, 5.41) is 0. The van der Waals surface area contributed by atoms with Gasteiger partial charge in [0, 0.05) is 31.7 Å². The number of carbonyl (C=O) groups excluding carboxylic acids is 2. The monoisotopic (exact) mass is 414 g/mol. The van der Waals surface area contributed by atoms with Crippen molar-refractivity contribution < 1.29 is 27.5 Å². The molecule has 1 aliphatic rings. The Morgan fingerprint density at radius 2 is 1.83 bits per heavy atom. The van der Waals surface area contributed by atoms with E-state index < -0.39 is 34.9 Å². The van der Waals surface area contributed by atoms with Gasteiger partial charge in [0.25, 0.3) is 5.91 Å². The first-order valence-electron chi connectivity index (χ1n) is 9.85. The van der Waals surface area contributed by atoms with Crippen LogP contribution >= 0.6 is 0 Å². The van der Waals surface area contributed by atoms with E-state index in [4.69, 9.17) is 4.74 Å². The van der Waals surface area contributed by atoms with Crippen molar-refractivity contribution in [2.24, 2.45) is 5.92 Å². The van der Waals surface area contributed by atoms with Crippen molar-refractivity contribution in [1.82, 2.24) is 9.80 Å². The van der Waals surface area contributed by atoms with Gasteiger partial charge in [0.1, 0.15) is 11.4 Å². The van der Waals surface area contributed by atoms with Crippen molar-refractivity contribution in [3.05, 3.63) is 35.6 Å². The lowest BCUT2D eigenvalue weighted by atomic mass is 9.95. The van der Waals surface area contributed by atoms with E-state index in [9.17, 15) is 22.8 Å². The van der Waals surface area contributed by atoms with Crippen LogP contribution in [0.5, 0.6) is 0 Å². The third-order valence-corrected chi connectivity index (χ3v) is 4.87. The molecule has 0 aromatic heterocycles.